The Bertz CT molecular complexity index is 644. The van der Waals surface area contributed by atoms with Gasteiger partial charge >= 0.3 is 0 Å². The van der Waals surface area contributed by atoms with Crippen LogP contribution in [0.4, 0.5) is 0 Å². The van der Waals surface area contributed by atoms with Crippen molar-refractivity contribution in [3.05, 3.63) is 35.9 Å². The number of azo groups is 1. The van der Waals surface area contributed by atoms with Crippen LogP contribution in [0.3, 0.4) is 0 Å². The van der Waals surface area contributed by atoms with Crippen LogP contribution in [0.15, 0.2) is 55.9 Å². The van der Waals surface area contributed by atoms with E-state index < -0.39 is 30.0 Å². The van der Waals surface area contributed by atoms with Crippen LogP contribution in [0.1, 0.15) is 0 Å². The summed E-state index contributed by atoms with van der Waals surface area (Å²) in [5, 5.41) is 9.20. The monoisotopic (exact) mass is 338 g/mol. The largest absolute Gasteiger partial charge is 0.294 e. The molecule has 1 heterocycles. The molecule has 0 spiro atoms. The molecule has 1 aromatic carbocycles. The maximum absolute atomic E-state index is 10.5. The lowest BCUT2D eigenvalue weighted by molar-refractivity contribution is 0.478. The Balaban J connectivity index is 0.000000276. The highest BCUT2D eigenvalue weighted by molar-refractivity contribution is 8.02. The van der Waals surface area contributed by atoms with Gasteiger partial charge in [0.25, 0.3) is 20.2 Å². The Kier molecular flexibility index (Phi) is 5.83. The van der Waals surface area contributed by atoms with E-state index in [1.165, 1.54) is 0 Å². The third kappa shape index (κ3) is 5.79. The number of nitrogens with zero attached hydrogens (tertiary/aromatic N) is 2. The molecule has 110 valence electrons. The molecule has 0 atom stereocenters. The second-order valence-electron chi connectivity index (χ2n) is 3.26. The molecular weight excluding hydrogens is 328 g/mol. The molecule has 2 rings (SSSR count). The van der Waals surface area contributed by atoms with Gasteiger partial charge in [-0.25, -0.2) is 0 Å². The van der Waals surface area contributed by atoms with Crippen LogP contribution in [0.5, 0.6) is 0 Å². The zero-order chi connectivity index (χ0) is 15.2. The summed E-state index contributed by atoms with van der Waals surface area (Å²) in [4.78, 5) is -0.880. The van der Waals surface area contributed by atoms with E-state index in [0.29, 0.717) is 0 Å². The van der Waals surface area contributed by atoms with Gasteiger partial charge in [0.2, 0.25) is 0 Å². The van der Waals surface area contributed by atoms with Crippen LogP contribution in [-0.4, -0.2) is 31.8 Å². The maximum atomic E-state index is 10.5. The van der Waals surface area contributed by atoms with Gasteiger partial charge in [-0.05, 0) is 29.7 Å². The molecule has 0 saturated heterocycles. The van der Waals surface area contributed by atoms with E-state index in [0.717, 1.165) is 30.1 Å². The molecule has 0 unspecified atom stereocenters. The topological polar surface area (TPSA) is 133 Å². The molecule has 0 aliphatic carbocycles. The number of thioether (sulfide) groups is 1. The van der Waals surface area contributed by atoms with Crippen LogP contribution >= 0.6 is 11.8 Å². The average Bonchev–Trinajstić information content (AvgIpc) is 2.40. The fourth-order valence-corrected chi connectivity index (χ4v) is 2.33. The van der Waals surface area contributed by atoms with Gasteiger partial charge in [0.05, 0.1) is 16.0 Å². The number of hydrogen-bond donors (Lipinski definition) is 2. The normalized spacial score (nSPS) is 14.5. The molecule has 0 saturated carbocycles. The molecule has 0 aromatic heterocycles. The van der Waals surface area contributed by atoms with Crippen LogP contribution in [-0.2, 0) is 20.2 Å². The number of hydrogen-bond acceptors (Lipinski definition) is 7. The molecule has 0 amide bonds. The summed E-state index contributed by atoms with van der Waals surface area (Å²) in [5.41, 5.74) is 0. The van der Waals surface area contributed by atoms with Crippen LogP contribution in [0, 0.1) is 0 Å². The Morgan fingerprint density at radius 3 is 1.55 bits per heavy atom. The Hall–Kier alpha value is -1.27. The van der Waals surface area contributed by atoms with Crippen molar-refractivity contribution >= 4 is 32.0 Å². The lowest BCUT2D eigenvalue weighted by Crippen LogP contribution is -2.01. The molecular formula is C9H10N2O6S3. The van der Waals surface area contributed by atoms with Gasteiger partial charge in [0.15, 0.2) is 0 Å². The van der Waals surface area contributed by atoms with Crippen molar-refractivity contribution in [2.24, 2.45) is 10.2 Å². The van der Waals surface area contributed by atoms with Gasteiger partial charge < -0.3 is 0 Å². The predicted molar refractivity (Wildman–Crippen MR) is 72.5 cm³/mol. The van der Waals surface area contributed by atoms with E-state index in [4.69, 9.17) is 9.11 Å². The van der Waals surface area contributed by atoms with Crippen molar-refractivity contribution in [3.63, 3.8) is 0 Å². The predicted octanol–water partition coefficient (Wildman–Crippen LogP) is 1.79. The first-order valence-corrected chi connectivity index (χ1v) is 8.82. The minimum absolute atomic E-state index is 0.440. The summed E-state index contributed by atoms with van der Waals surface area (Å²) in [6, 6.07) is 3.49. The SMILES string of the molecule is C1=CSCN=N1.O=S(=O)(O)c1ccc(S(=O)(=O)O)cc1. The van der Waals surface area contributed by atoms with Gasteiger partial charge in [-0.15, -0.1) is 11.8 Å². The highest BCUT2D eigenvalue weighted by Crippen LogP contribution is 2.13. The van der Waals surface area contributed by atoms with E-state index in [2.05, 4.69) is 10.2 Å². The Morgan fingerprint density at radius 1 is 0.950 bits per heavy atom. The van der Waals surface area contributed by atoms with Crippen molar-refractivity contribution < 1.29 is 25.9 Å². The summed E-state index contributed by atoms with van der Waals surface area (Å²) in [6.45, 7) is 0. The Labute approximate surface area is 120 Å². The zero-order valence-corrected chi connectivity index (χ0v) is 12.3. The molecule has 0 radical (unpaired) electrons. The first kappa shape index (κ1) is 16.8. The van der Waals surface area contributed by atoms with Crippen molar-refractivity contribution in [3.8, 4) is 0 Å². The number of rotatable bonds is 2. The zero-order valence-electron chi connectivity index (χ0n) is 9.82. The molecule has 1 aliphatic rings. The summed E-state index contributed by atoms with van der Waals surface area (Å²) < 4.78 is 59.2. The molecule has 20 heavy (non-hydrogen) atoms. The van der Waals surface area contributed by atoms with E-state index in [9.17, 15) is 16.8 Å². The summed E-state index contributed by atoms with van der Waals surface area (Å²) in [5.74, 6) is 0.788. The molecule has 0 bridgehead atoms. The molecule has 11 heteroatoms. The van der Waals surface area contributed by atoms with Crippen LogP contribution in [0.25, 0.3) is 0 Å². The summed E-state index contributed by atoms with van der Waals surface area (Å²) in [6.07, 6.45) is 1.69. The maximum Gasteiger partial charge on any atom is 0.294 e. The smallest absolute Gasteiger partial charge is 0.282 e. The quantitative estimate of drug-likeness (QED) is 0.785. The van der Waals surface area contributed by atoms with E-state index in [1.54, 1.807) is 18.0 Å². The van der Waals surface area contributed by atoms with E-state index in [1.807, 2.05) is 5.41 Å². The first-order valence-electron chi connectivity index (χ1n) is 4.89. The summed E-state index contributed by atoms with van der Waals surface area (Å²) >= 11 is 1.65. The lowest BCUT2D eigenvalue weighted by atomic mass is 10.4. The van der Waals surface area contributed by atoms with Crippen LogP contribution < -0.4 is 0 Å². The first-order chi connectivity index (χ1) is 9.21. The van der Waals surface area contributed by atoms with Crippen molar-refractivity contribution in [2.45, 2.75) is 9.79 Å². The lowest BCUT2D eigenvalue weighted by Gasteiger charge is -1.98. The van der Waals surface area contributed by atoms with Gasteiger partial charge in [0, 0.05) is 0 Å². The highest BCUT2D eigenvalue weighted by Gasteiger charge is 2.13. The van der Waals surface area contributed by atoms with Crippen molar-refractivity contribution in [1.29, 1.82) is 0 Å². The standard InChI is InChI=1S/C6H6O6S2.C3H4N2S/c7-13(8,9)5-1-2-6(4-3-5)14(10,11)12;1-2-6-3-5-4-1/h1-4H,(H,7,8,9)(H,10,11,12);1-2H,3H2. The van der Waals surface area contributed by atoms with Crippen LogP contribution in [0.2, 0.25) is 0 Å². The van der Waals surface area contributed by atoms with Gasteiger partial charge in [0.1, 0.15) is 5.88 Å². The molecule has 0 fully saturated rings. The average molecular weight is 338 g/mol. The molecule has 1 aromatic rings. The van der Waals surface area contributed by atoms with E-state index in [-0.39, 0.29) is 0 Å². The van der Waals surface area contributed by atoms with Crippen molar-refractivity contribution in [1.82, 2.24) is 0 Å². The number of benzene rings is 1. The second-order valence-corrected chi connectivity index (χ2v) is 6.97. The van der Waals surface area contributed by atoms with Gasteiger partial charge in [-0.2, -0.15) is 27.1 Å². The minimum atomic E-state index is -4.34. The van der Waals surface area contributed by atoms with Crippen molar-refractivity contribution in [2.75, 3.05) is 5.88 Å². The van der Waals surface area contributed by atoms with Gasteiger partial charge in [-0.1, -0.05) is 0 Å². The molecule has 2 N–H and O–H groups in total. The second kappa shape index (κ2) is 6.95. The highest BCUT2D eigenvalue weighted by atomic mass is 32.2. The fraction of sp³-hybridized carbons (Fsp3) is 0.111. The third-order valence-electron chi connectivity index (χ3n) is 1.86. The van der Waals surface area contributed by atoms with E-state index >= 15 is 0 Å². The minimum Gasteiger partial charge on any atom is -0.282 e. The van der Waals surface area contributed by atoms with Gasteiger partial charge in [-0.3, -0.25) is 9.11 Å². The molecule has 8 nitrogen and oxygen atoms in total. The third-order valence-corrected chi connectivity index (χ3v) is 4.17. The molecule has 1 aliphatic heterocycles. The summed E-state index contributed by atoms with van der Waals surface area (Å²) in [7, 11) is -8.68. The Morgan fingerprint density at radius 2 is 1.40 bits per heavy atom. The fourth-order valence-electron chi connectivity index (χ4n) is 1.01.